The van der Waals surface area contributed by atoms with Crippen molar-refractivity contribution in [3.05, 3.63) is 108 Å². The lowest BCUT2D eigenvalue weighted by molar-refractivity contribution is -0.116. The third-order valence-corrected chi connectivity index (χ3v) is 6.62. The summed E-state index contributed by atoms with van der Waals surface area (Å²) in [6.07, 6.45) is 5.83. The van der Waals surface area contributed by atoms with Gasteiger partial charge in [-0.3, -0.25) is 9.59 Å². The molecule has 0 atom stereocenters. The summed E-state index contributed by atoms with van der Waals surface area (Å²) in [5.74, 6) is -2.91. The van der Waals surface area contributed by atoms with Gasteiger partial charge in [0, 0.05) is 44.3 Å². The number of Topliss-reactive ketones (excluding diaryl/α,β-unsaturated/α-hetero) is 2. The van der Waals surface area contributed by atoms with Gasteiger partial charge in [-0.1, -0.05) is 48.6 Å². The van der Waals surface area contributed by atoms with Crippen molar-refractivity contribution in [3.63, 3.8) is 0 Å². The lowest BCUT2D eigenvalue weighted by Crippen LogP contribution is -2.23. The second-order valence-corrected chi connectivity index (χ2v) is 8.81. The van der Waals surface area contributed by atoms with Crippen LogP contribution in [0.1, 0.15) is 35.4 Å². The summed E-state index contributed by atoms with van der Waals surface area (Å²) >= 11 is 0. The number of hydrogen-bond donors (Lipinski definition) is 4. The highest BCUT2D eigenvalue weighted by atomic mass is 16.3. The summed E-state index contributed by atoms with van der Waals surface area (Å²) in [4.78, 5) is 33.9. The Bertz CT molecular complexity index is 1510. The Morgan fingerprint density at radius 3 is 1.44 bits per heavy atom. The molecule has 2 heterocycles. The summed E-state index contributed by atoms with van der Waals surface area (Å²) in [6, 6.07) is 14.7. The van der Waals surface area contributed by atoms with Crippen molar-refractivity contribution >= 4 is 44.5 Å². The highest BCUT2D eigenvalue weighted by Crippen LogP contribution is 2.41. The van der Waals surface area contributed by atoms with Gasteiger partial charge in [-0.25, -0.2) is 0 Å². The number of carbonyl (C=O) groups is 2. The van der Waals surface area contributed by atoms with Crippen LogP contribution in [0.3, 0.4) is 0 Å². The van der Waals surface area contributed by atoms with E-state index in [0.29, 0.717) is 59.0 Å². The normalized spacial score (nSPS) is 14.3. The van der Waals surface area contributed by atoms with E-state index in [0.717, 1.165) is 11.0 Å². The quantitative estimate of drug-likeness (QED) is 0.177. The van der Waals surface area contributed by atoms with Crippen LogP contribution in [0.25, 0.3) is 33.0 Å². The van der Waals surface area contributed by atoms with E-state index in [4.69, 9.17) is 0 Å². The fourth-order valence-electron chi connectivity index (χ4n) is 4.98. The molecule has 0 spiro atoms. The van der Waals surface area contributed by atoms with Crippen molar-refractivity contribution in [3.8, 4) is 0 Å². The number of hydrogen-bond acceptors (Lipinski definition) is 4. The van der Waals surface area contributed by atoms with Crippen LogP contribution in [0, 0.1) is 0 Å². The zero-order valence-corrected chi connectivity index (χ0v) is 19.7. The Hall–Kier alpha value is -4.58. The van der Waals surface area contributed by atoms with E-state index in [1.54, 1.807) is 12.2 Å². The predicted octanol–water partition coefficient (Wildman–Crippen LogP) is 6.28. The Morgan fingerprint density at radius 1 is 0.667 bits per heavy atom. The van der Waals surface area contributed by atoms with E-state index in [9.17, 15) is 19.8 Å². The van der Waals surface area contributed by atoms with Gasteiger partial charge < -0.3 is 20.2 Å². The molecule has 6 heteroatoms. The molecule has 0 saturated carbocycles. The third-order valence-electron chi connectivity index (χ3n) is 6.62. The molecule has 0 radical (unpaired) electrons. The minimum absolute atomic E-state index is 0.190. The molecular weight excluding hydrogens is 452 g/mol. The van der Waals surface area contributed by atoms with Gasteiger partial charge in [0.2, 0.25) is 11.6 Å². The molecule has 36 heavy (non-hydrogen) atoms. The van der Waals surface area contributed by atoms with Crippen LogP contribution in [0.4, 0.5) is 0 Å². The Labute approximate surface area is 208 Å². The van der Waals surface area contributed by atoms with E-state index in [-0.39, 0.29) is 11.1 Å². The molecule has 6 nitrogen and oxygen atoms in total. The number of allylic oxidation sites excluding steroid dienone is 4. The molecule has 4 N–H and O–H groups in total. The summed E-state index contributed by atoms with van der Waals surface area (Å²) < 4.78 is 0. The lowest BCUT2D eigenvalue weighted by atomic mass is 9.83. The second-order valence-electron chi connectivity index (χ2n) is 8.81. The molecule has 1 aliphatic carbocycles. The van der Waals surface area contributed by atoms with E-state index >= 15 is 0 Å². The van der Waals surface area contributed by atoms with E-state index in [1.165, 1.54) is 0 Å². The first-order valence-corrected chi connectivity index (χ1v) is 11.9. The minimum Gasteiger partial charge on any atom is -0.504 e. The molecule has 0 bridgehead atoms. The van der Waals surface area contributed by atoms with Gasteiger partial charge in [-0.05, 0) is 37.8 Å². The van der Waals surface area contributed by atoms with Crippen molar-refractivity contribution in [1.82, 2.24) is 9.97 Å². The maximum Gasteiger partial charge on any atom is 0.232 e. The molecular formula is C30H26N2O4. The maximum atomic E-state index is 13.7. The summed E-state index contributed by atoms with van der Waals surface area (Å²) in [5.41, 5.74) is 3.40. The minimum atomic E-state index is -0.786. The van der Waals surface area contributed by atoms with Gasteiger partial charge in [0.15, 0.2) is 11.5 Å². The Balaban J connectivity index is 1.72. The number of H-pyrrole nitrogens is 2. The molecule has 0 amide bonds. The molecule has 1 aliphatic rings. The highest BCUT2D eigenvalue weighted by Gasteiger charge is 2.39. The van der Waals surface area contributed by atoms with Crippen LogP contribution in [0.15, 0.2) is 85.4 Å². The number of aromatic amines is 2. The Morgan fingerprint density at radius 2 is 1.06 bits per heavy atom. The molecule has 0 saturated heterocycles. The number of rotatable bonds is 8. The van der Waals surface area contributed by atoms with Crippen LogP contribution < -0.4 is 0 Å². The van der Waals surface area contributed by atoms with Crippen LogP contribution in [0.5, 0.6) is 0 Å². The first-order valence-electron chi connectivity index (χ1n) is 11.9. The van der Waals surface area contributed by atoms with Crippen molar-refractivity contribution in [2.75, 3.05) is 0 Å². The number of carbonyl (C=O) groups excluding carboxylic acids is 2. The number of ketones is 2. The average molecular weight is 479 g/mol. The predicted molar refractivity (Wildman–Crippen MR) is 143 cm³/mol. The number of fused-ring (bicyclic) bond motifs is 2. The van der Waals surface area contributed by atoms with Gasteiger partial charge in [-0.2, -0.15) is 0 Å². The van der Waals surface area contributed by atoms with Crippen molar-refractivity contribution < 1.29 is 19.8 Å². The van der Waals surface area contributed by atoms with Gasteiger partial charge in [-0.15, -0.1) is 13.2 Å². The monoisotopic (exact) mass is 478 g/mol. The first-order chi connectivity index (χ1) is 17.5. The van der Waals surface area contributed by atoms with E-state index in [2.05, 4.69) is 23.1 Å². The number of aryl methyl sites for hydroxylation is 2. The number of nitrogens with one attached hydrogen (secondary N) is 2. The van der Waals surface area contributed by atoms with E-state index < -0.39 is 23.1 Å². The smallest absolute Gasteiger partial charge is 0.232 e. The number of aliphatic hydroxyl groups is 2. The number of aromatic nitrogens is 2. The van der Waals surface area contributed by atoms with Crippen molar-refractivity contribution in [1.29, 1.82) is 0 Å². The van der Waals surface area contributed by atoms with Crippen molar-refractivity contribution in [2.45, 2.75) is 25.7 Å². The Kier molecular flexibility index (Phi) is 5.94. The van der Waals surface area contributed by atoms with Gasteiger partial charge in [0.05, 0.1) is 11.1 Å². The third kappa shape index (κ3) is 3.58. The van der Waals surface area contributed by atoms with Crippen molar-refractivity contribution in [2.24, 2.45) is 0 Å². The number of benzene rings is 2. The van der Waals surface area contributed by atoms with Gasteiger partial charge in [0.25, 0.3) is 0 Å². The maximum absolute atomic E-state index is 13.7. The lowest BCUT2D eigenvalue weighted by Gasteiger charge is -2.19. The number of para-hydroxylation sites is 2. The molecule has 2 aromatic carbocycles. The second kappa shape index (κ2) is 9.23. The molecule has 0 unspecified atom stereocenters. The fraction of sp³-hybridized carbons (Fsp3) is 0.133. The highest BCUT2D eigenvalue weighted by molar-refractivity contribution is 6.48. The standard InChI is InChI=1S/C30H26N2O4/c1-3-5-13-21-23(17-11-7-9-15-19(17)31-21)25-27(33)29(35)26(30(36)28(25)34)24-18-12-8-10-16-20(18)32-22(24)14-6-4-2/h3-4,7-12,15-16,31-33,36H,1-2,5-6,13-14H2. The molecule has 0 aliphatic heterocycles. The first kappa shape index (κ1) is 23.2. The average Bonchev–Trinajstić information content (AvgIpc) is 3.44. The largest absolute Gasteiger partial charge is 0.504 e. The topological polar surface area (TPSA) is 106 Å². The van der Waals surface area contributed by atoms with Crippen LogP contribution in [-0.4, -0.2) is 31.7 Å². The van der Waals surface area contributed by atoms with E-state index in [1.807, 2.05) is 48.5 Å². The summed E-state index contributed by atoms with van der Waals surface area (Å²) in [5, 5.41) is 23.8. The molecule has 180 valence electrons. The molecule has 2 aromatic heterocycles. The number of aliphatic hydroxyl groups excluding tert-OH is 2. The SMILES string of the molecule is C=CCCc1[nH]c2ccccc2c1C1=C(O)C(=O)C(c2c(CCC=C)[nH]c3ccccc23)=C(O)C1=O. The molecule has 4 aromatic rings. The zero-order valence-electron chi connectivity index (χ0n) is 19.7. The van der Waals surface area contributed by atoms with Gasteiger partial charge in [0.1, 0.15) is 0 Å². The summed E-state index contributed by atoms with van der Waals surface area (Å²) in [6.45, 7) is 7.53. The van der Waals surface area contributed by atoms with Crippen LogP contribution >= 0.6 is 0 Å². The van der Waals surface area contributed by atoms with Gasteiger partial charge >= 0.3 is 0 Å². The van der Waals surface area contributed by atoms with Crippen LogP contribution in [0.2, 0.25) is 0 Å². The molecule has 0 fully saturated rings. The molecule has 5 rings (SSSR count). The summed E-state index contributed by atoms with van der Waals surface area (Å²) in [7, 11) is 0. The fourth-order valence-corrected chi connectivity index (χ4v) is 4.98. The van der Waals surface area contributed by atoms with Crippen LogP contribution in [-0.2, 0) is 22.4 Å². The zero-order chi connectivity index (χ0) is 25.4.